The summed E-state index contributed by atoms with van der Waals surface area (Å²) < 4.78 is 13.3. The van der Waals surface area contributed by atoms with Crippen LogP contribution in [0.4, 0.5) is 4.39 Å². The lowest BCUT2D eigenvalue weighted by molar-refractivity contribution is 0.619. The van der Waals surface area contributed by atoms with E-state index in [0.717, 1.165) is 0 Å². The van der Waals surface area contributed by atoms with Gasteiger partial charge in [0.25, 0.3) is 0 Å². The van der Waals surface area contributed by atoms with Crippen molar-refractivity contribution in [1.82, 2.24) is 0 Å². The lowest BCUT2D eigenvalue weighted by Crippen LogP contribution is -1.98. The quantitative estimate of drug-likeness (QED) is 0.748. The van der Waals surface area contributed by atoms with Gasteiger partial charge in [-0.15, -0.1) is 0 Å². The van der Waals surface area contributed by atoms with Gasteiger partial charge in [-0.1, -0.05) is 17.7 Å². The van der Waals surface area contributed by atoms with E-state index in [0.29, 0.717) is 10.0 Å². The number of hydrogen-bond donors (Lipinski definition) is 1. The highest BCUT2D eigenvalue weighted by Crippen LogP contribution is 2.26. The molecule has 0 aliphatic carbocycles. The first-order chi connectivity index (χ1) is 5.16. The Morgan fingerprint density at radius 3 is 2.73 bits per heavy atom. The maximum atomic E-state index is 12.9. The van der Waals surface area contributed by atoms with Gasteiger partial charge >= 0.3 is 0 Å². The van der Waals surface area contributed by atoms with Crippen LogP contribution in [-0.4, -0.2) is 0 Å². The first kappa shape index (κ1) is 8.97. The number of benzene rings is 1. The number of nitrogens with two attached hydrogens (primary N) is 1. The predicted molar refractivity (Wildman–Crippen MR) is 47.0 cm³/mol. The van der Waals surface area contributed by atoms with Gasteiger partial charge in [0.1, 0.15) is 0 Å². The van der Waals surface area contributed by atoms with Crippen molar-refractivity contribution >= 4 is 27.5 Å². The molecule has 1 rings (SSSR count). The van der Waals surface area contributed by atoms with Crippen molar-refractivity contribution in [2.24, 2.45) is 5.73 Å². The van der Waals surface area contributed by atoms with Gasteiger partial charge in [-0.2, -0.15) is 0 Å². The SMILES string of the molecule is NCc1ccc(Br)c(F)c1Cl. The van der Waals surface area contributed by atoms with E-state index in [9.17, 15) is 4.39 Å². The van der Waals surface area contributed by atoms with Gasteiger partial charge in [0.2, 0.25) is 0 Å². The zero-order valence-corrected chi connectivity index (χ0v) is 7.91. The molecule has 0 aliphatic rings. The van der Waals surface area contributed by atoms with Crippen LogP contribution in [0.3, 0.4) is 0 Å². The molecule has 2 N–H and O–H groups in total. The maximum absolute atomic E-state index is 12.9. The standard InChI is InChI=1S/C7H6BrClFN/c8-5-2-1-4(3-11)6(9)7(5)10/h1-2H,3,11H2. The smallest absolute Gasteiger partial charge is 0.156 e. The fourth-order valence-electron chi connectivity index (χ4n) is 0.724. The fraction of sp³-hybridized carbons (Fsp3) is 0.143. The van der Waals surface area contributed by atoms with Crippen molar-refractivity contribution in [3.8, 4) is 0 Å². The van der Waals surface area contributed by atoms with E-state index in [2.05, 4.69) is 15.9 Å². The average Bonchev–Trinajstić information content (AvgIpc) is 2.01. The summed E-state index contributed by atoms with van der Waals surface area (Å²) in [5.74, 6) is -0.449. The molecular weight excluding hydrogens is 232 g/mol. The molecule has 0 aliphatic heterocycles. The minimum atomic E-state index is -0.449. The monoisotopic (exact) mass is 237 g/mol. The second kappa shape index (κ2) is 3.52. The van der Waals surface area contributed by atoms with Crippen LogP contribution >= 0.6 is 27.5 Å². The van der Waals surface area contributed by atoms with E-state index in [1.165, 1.54) is 0 Å². The molecule has 0 saturated heterocycles. The largest absolute Gasteiger partial charge is 0.326 e. The van der Waals surface area contributed by atoms with E-state index in [1.54, 1.807) is 12.1 Å². The Labute approximate surface area is 77.5 Å². The zero-order chi connectivity index (χ0) is 8.43. The summed E-state index contributed by atoms with van der Waals surface area (Å²) in [6.07, 6.45) is 0. The summed E-state index contributed by atoms with van der Waals surface area (Å²) in [7, 11) is 0. The summed E-state index contributed by atoms with van der Waals surface area (Å²) in [6, 6.07) is 3.28. The summed E-state index contributed by atoms with van der Waals surface area (Å²) in [6.45, 7) is 0.253. The summed E-state index contributed by atoms with van der Waals surface area (Å²) in [5, 5.41) is 0.0990. The molecule has 11 heavy (non-hydrogen) atoms. The highest BCUT2D eigenvalue weighted by Gasteiger charge is 2.07. The van der Waals surface area contributed by atoms with E-state index in [1.807, 2.05) is 0 Å². The van der Waals surface area contributed by atoms with Crippen molar-refractivity contribution in [3.63, 3.8) is 0 Å². The Hall–Kier alpha value is -0.120. The van der Waals surface area contributed by atoms with E-state index < -0.39 is 5.82 Å². The number of rotatable bonds is 1. The minimum Gasteiger partial charge on any atom is -0.326 e. The van der Waals surface area contributed by atoms with Crippen LogP contribution in [0.1, 0.15) is 5.56 Å². The second-order valence-corrected chi connectivity index (χ2v) is 3.27. The molecule has 0 amide bonds. The molecule has 0 spiro atoms. The van der Waals surface area contributed by atoms with Crippen molar-refractivity contribution in [3.05, 3.63) is 33.0 Å². The van der Waals surface area contributed by atoms with Crippen molar-refractivity contribution in [2.45, 2.75) is 6.54 Å². The molecule has 0 fully saturated rings. The summed E-state index contributed by atoms with van der Waals surface area (Å²) in [5.41, 5.74) is 5.92. The first-order valence-corrected chi connectivity index (χ1v) is 4.16. The molecule has 0 bridgehead atoms. The van der Waals surface area contributed by atoms with Gasteiger partial charge in [-0.05, 0) is 27.6 Å². The number of hydrogen-bond acceptors (Lipinski definition) is 1. The topological polar surface area (TPSA) is 26.0 Å². The Balaban J connectivity index is 3.25. The van der Waals surface area contributed by atoms with Crippen LogP contribution in [0.15, 0.2) is 16.6 Å². The van der Waals surface area contributed by atoms with Crippen molar-refractivity contribution in [1.29, 1.82) is 0 Å². The van der Waals surface area contributed by atoms with Crippen LogP contribution in [0, 0.1) is 5.82 Å². The van der Waals surface area contributed by atoms with Crippen LogP contribution in [0.2, 0.25) is 5.02 Å². The Kier molecular flexibility index (Phi) is 2.87. The molecule has 0 atom stereocenters. The number of halogens is 3. The molecule has 1 nitrogen and oxygen atoms in total. The van der Waals surface area contributed by atoms with Gasteiger partial charge in [-0.25, -0.2) is 4.39 Å². The van der Waals surface area contributed by atoms with Crippen LogP contribution in [0.25, 0.3) is 0 Å². The molecule has 4 heteroatoms. The van der Waals surface area contributed by atoms with Crippen molar-refractivity contribution in [2.75, 3.05) is 0 Å². The normalized spacial score (nSPS) is 10.2. The van der Waals surface area contributed by atoms with Crippen molar-refractivity contribution < 1.29 is 4.39 Å². The molecule has 0 aromatic heterocycles. The van der Waals surface area contributed by atoms with Crippen LogP contribution in [-0.2, 0) is 6.54 Å². The highest BCUT2D eigenvalue weighted by atomic mass is 79.9. The Morgan fingerprint density at radius 1 is 1.55 bits per heavy atom. The molecule has 0 saturated carbocycles. The van der Waals surface area contributed by atoms with Gasteiger partial charge < -0.3 is 5.73 Å². The van der Waals surface area contributed by atoms with E-state index in [4.69, 9.17) is 17.3 Å². The second-order valence-electron chi connectivity index (χ2n) is 2.04. The molecule has 1 aromatic rings. The third-order valence-corrected chi connectivity index (χ3v) is 2.36. The van der Waals surface area contributed by atoms with Gasteiger partial charge in [0.05, 0.1) is 9.50 Å². The molecule has 60 valence electrons. The molecular formula is C7H6BrClFN. The summed E-state index contributed by atoms with van der Waals surface area (Å²) >= 11 is 8.62. The average molecular weight is 238 g/mol. The highest BCUT2D eigenvalue weighted by molar-refractivity contribution is 9.10. The van der Waals surface area contributed by atoms with E-state index in [-0.39, 0.29) is 11.6 Å². The first-order valence-electron chi connectivity index (χ1n) is 2.99. The van der Waals surface area contributed by atoms with E-state index >= 15 is 0 Å². The predicted octanol–water partition coefficient (Wildman–Crippen LogP) is 2.70. The fourth-order valence-corrected chi connectivity index (χ4v) is 1.41. The van der Waals surface area contributed by atoms with Gasteiger partial charge in [0.15, 0.2) is 5.82 Å². The van der Waals surface area contributed by atoms with Crippen LogP contribution in [0.5, 0.6) is 0 Å². The lowest BCUT2D eigenvalue weighted by atomic mass is 10.2. The molecule has 0 unspecified atom stereocenters. The van der Waals surface area contributed by atoms with Crippen LogP contribution < -0.4 is 5.73 Å². The molecule has 0 heterocycles. The Morgan fingerprint density at radius 2 is 2.18 bits per heavy atom. The third kappa shape index (κ3) is 1.72. The molecule has 1 aromatic carbocycles. The third-order valence-electron chi connectivity index (χ3n) is 1.34. The van der Waals surface area contributed by atoms with Gasteiger partial charge in [0, 0.05) is 6.54 Å². The van der Waals surface area contributed by atoms with Gasteiger partial charge in [-0.3, -0.25) is 0 Å². The lowest BCUT2D eigenvalue weighted by Gasteiger charge is -2.02. The maximum Gasteiger partial charge on any atom is 0.156 e. The Bertz CT molecular complexity index is 277. The minimum absolute atomic E-state index is 0.0990. The zero-order valence-electron chi connectivity index (χ0n) is 5.57. The summed E-state index contributed by atoms with van der Waals surface area (Å²) in [4.78, 5) is 0. The molecule has 0 radical (unpaired) electrons.